The molecule has 1 atom stereocenters. The van der Waals surface area contributed by atoms with Gasteiger partial charge in [-0.05, 0) is 18.4 Å². The number of morpholine rings is 1. The van der Waals surface area contributed by atoms with E-state index < -0.39 is 0 Å². The Kier molecular flexibility index (Phi) is 2.84. The minimum atomic E-state index is 0.135. The van der Waals surface area contributed by atoms with Crippen LogP contribution in [0, 0.1) is 0 Å². The lowest BCUT2D eigenvalue weighted by Crippen LogP contribution is -2.46. The number of carbonyl (C=O) groups excluding carboxylic acids is 1. The lowest BCUT2D eigenvalue weighted by atomic mass is 10.2. The molecular formula is C10H13NO2S. The third-order valence-corrected chi connectivity index (χ3v) is 3.22. The van der Waals surface area contributed by atoms with E-state index in [-0.39, 0.29) is 11.9 Å². The molecule has 0 spiro atoms. The van der Waals surface area contributed by atoms with Crippen LogP contribution in [0.1, 0.15) is 16.6 Å². The minimum absolute atomic E-state index is 0.135. The average molecular weight is 211 g/mol. The molecular weight excluding hydrogens is 198 g/mol. The van der Waals surface area contributed by atoms with E-state index in [0.29, 0.717) is 19.8 Å². The zero-order valence-electron chi connectivity index (χ0n) is 8.10. The second-order valence-corrected chi connectivity index (χ2v) is 4.35. The van der Waals surface area contributed by atoms with Gasteiger partial charge in [-0.1, -0.05) is 6.07 Å². The van der Waals surface area contributed by atoms with Crippen LogP contribution >= 0.6 is 11.3 Å². The summed E-state index contributed by atoms with van der Waals surface area (Å²) in [5.74, 6) is 0.135. The van der Waals surface area contributed by atoms with Gasteiger partial charge in [-0.25, -0.2) is 0 Å². The molecule has 0 saturated carbocycles. The van der Waals surface area contributed by atoms with Gasteiger partial charge in [0.15, 0.2) is 0 Å². The Bertz CT molecular complexity index is 310. The summed E-state index contributed by atoms with van der Waals surface area (Å²) in [5, 5.41) is 1.93. The fourth-order valence-corrected chi connectivity index (χ4v) is 2.25. The zero-order chi connectivity index (χ0) is 9.97. The van der Waals surface area contributed by atoms with Crippen molar-refractivity contribution in [3.8, 4) is 0 Å². The summed E-state index contributed by atoms with van der Waals surface area (Å²) < 4.78 is 5.29. The van der Waals surface area contributed by atoms with Crippen LogP contribution in [0.15, 0.2) is 17.5 Å². The van der Waals surface area contributed by atoms with Crippen molar-refractivity contribution >= 4 is 17.2 Å². The van der Waals surface area contributed by atoms with E-state index in [9.17, 15) is 4.79 Å². The van der Waals surface area contributed by atoms with Gasteiger partial charge in [-0.15, -0.1) is 11.3 Å². The monoisotopic (exact) mass is 211 g/mol. The number of hydrogen-bond acceptors (Lipinski definition) is 3. The molecule has 76 valence electrons. The molecule has 1 aliphatic heterocycles. The number of nitrogens with zero attached hydrogens (tertiary/aromatic N) is 1. The van der Waals surface area contributed by atoms with Gasteiger partial charge in [-0.3, -0.25) is 4.79 Å². The third kappa shape index (κ3) is 1.81. The first kappa shape index (κ1) is 9.68. The summed E-state index contributed by atoms with van der Waals surface area (Å²) in [7, 11) is 0. The van der Waals surface area contributed by atoms with E-state index in [1.54, 1.807) is 0 Å². The van der Waals surface area contributed by atoms with Crippen molar-refractivity contribution in [2.45, 2.75) is 13.0 Å². The van der Waals surface area contributed by atoms with Crippen LogP contribution in [0.5, 0.6) is 0 Å². The summed E-state index contributed by atoms with van der Waals surface area (Å²) in [4.78, 5) is 14.7. The summed E-state index contributed by atoms with van der Waals surface area (Å²) in [5.41, 5.74) is 0. The fourth-order valence-electron chi connectivity index (χ4n) is 1.57. The second-order valence-electron chi connectivity index (χ2n) is 3.40. The normalized spacial score (nSPS) is 22.4. The molecule has 1 aliphatic rings. The first-order chi connectivity index (χ1) is 6.79. The molecule has 0 radical (unpaired) electrons. The number of amides is 1. The van der Waals surface area contributed by atoms with Crippen LogP contribution < -0.4 is 0 Å². The van der Waals surface area contributed by atoms with Crippen molar-refractivity contribution in [1.29, 1.82) is 0 Å². The van der Waals surface area contributed by atoms with Gasteiger partial charge in [-0.2, -0.15) is 0 Å². The van der Waals surface area contributed by atoms with Gasteiger partial charge < -0.3 is 9.64 Å². The van der Waals surface area contributed by atoms with Crippen molar-refractivity contribution in [1.82, 2.24) is 4.90 Å². The first-order valence-electron chi connectivity index (χ1n) is 4.71. The van der Waals surface area contributed by atoms with Crippen molar-refractivity contribution in [3.05, 3.63) is 22.4 Å². The molecule has 2 heterocycles. The highest BCUT2D eigenvalue weighted by molar-refractivity contribution is 7.12. The minimum Gasteiger partial charge on any atom is -0.377 e. The molecule has 0 unspecified atom stereocenters. The Labute approximate surface area is 87.3 Å². The van der Waals surface area contributed by atoms with Gasteiger partial charge in [0.2, 0.25) is 0 Å². The van der Waals surface area contributed by atoms with E-state index in [1.807, 2.05) is 29.3 Å². The van der Waals surface area contributed by atoms with Crippen molar-refractivity contribution in [3.63, 3.8) is 0 Å². The van der Waals surface area contributed by atoms with Crippen LogP contribution in [0.2, 0.25) is 0 Å². The van der Waals surface area contributed by atoms with Crippen LogP contribution in [-0.4, -0.2) is 36.6 Å². The second kappa shape index (κ2) is 4.11. The number of hydrogen-bond donors (Lipinski definition) is 0. The molecule has 1 amide bonds. The summed E-state index contributed by atoms with van der Waals surface area (Å²) in [6.45, 7) is 4.03. The van der Waals surface area contributed by atoms with Crippen molar-refractivity contribution in [2.75, 3.05) is 19.8 Å². The standard InChI is InChI=1S/C10H13NO2S/c1-8-7-13-5-4-11(8)10(12)9-3-2-6-14-9/h2-3,6,8H,4-5,7H2,1H3/t8-/m0/s1. The molecule has 0 N–H and O–H groups in total. The van der Waals surface area contributed by atoms with Gasteiger partial charge in [0.25, 0.3) is 5.91 Å². The number of ether oxygens (including phenoxy) is 1. The van der Waals surface area contributed by atoms with Crippen LogP contribution in [0.4, 0.5) is 0 Å². The largest absolute Gasteiger partial charge is 0.377 e. The average Bonchev–Trinajstić information content (AvgIpc) is 2.70. The molecule has 14 heavy (non-hydrogen) atoms. The molecule has 2 rings (SSSR count). The van der Waals surface area contributed by atoms with E-state index in [4.69, 9.17) is 4.74 Å². The Balaban J connectivity index is 2.10. The van der Waals surface area contributed by atoms with Crippen molar-refractivity contribution < 1.29 is 9.53 Å². The number of carbonyl (C=O) groups is 1. The maximum absolute atomic E-state index is 12.0. The fraction of sp³-hybridized carbons (Fsp3) is 0.500. The Morgan fingerprint density at radius 3 is 3.21 bits per heavy atom. The predicted molar refractivity (Wildman–Crippen MR) is 55.6 cm³/mol. The maximum atomic E-state index is 12.0. The van der Waals surface area contributed by atoms with Crippen molar-refractivity contribution in [2.24, 2.45) is 0 Å². The first-order valence-corrected chi connectivity index (χ1v) is 5.59. The zero-order valence-corrected chi connectivity index (χ0v) is 8.92. The third-order valence-electron chi connectivity index (χ3n) is 2.36. The van der Waals surface area contributed by atoms with E-state index in [0.717, 1.165) is 4.88 Å². The predicted octanol–water partition coefficient (Wildman–Crippen LogP) is 1.61. The molecule has 0 bridgehead atoms. The highest BCUT2D eigenvalue weighted by Crippen LogP contribution is 2.15. The lowest BCUT2D eigenvalue weighted by Gasteiger charge is -2.32. The Morgan fingerprint density at radius 2 is 2.57 bits per heavy atom. The lowest BCUT2D eigenvalue weighted by molar-refractivity contribution is 0.00387. The quantitative estimate of drug-likeness (QED) is 0.706. The molecule has 4 heteroatoms. The highest BCUT2D eigenvalue weighted by atomic mass is 32.1. The van der Waals surface area contributed by atoms with Gasteiger partial charge in [0, 0.05) is 6.54 Å². The molecule has 0 aromatic carbocycles. The summed E-state index contributed by atoms with van der Waals surface area (Å²) >= 11 is 1.49. The van der Waals surface area contributed by atoms with Gasteiger partial charge >= 0.3 is 0 Å². The molecule has 1 aromatic rings. The maximum Gasteiger partial charge on any atom is 0.264 e. The number of thiophene rings is 1. The molecule has 3 nitrogen and oxygen atoms in total. The molecule has 1 fully saturated rings. The molecule has 0 aliphatic carbocycles. The Hall–Kier alpha value is -0.870. The topological polar surface area (TPSA) is 29.5 Å². The van der Waals surface area contributed by atoms with Crippen LogP contribution in [0.3, 0.4) is 0 Å². The highest BCUT2D eigenvalue weighted by Gasteiger charge is 2.24. The SMILES string of the molecule is C[C@H]1COCCN1C(=O)c1cccs1. The summed E-state index contributed by atoms with van der Waals surface area (Å²) in [6, 6.07) is 3.97. The van der Waals surface area contributed by atoms with Gasteiger partial charge in [0.05, 0.1) is 24.1 Å². The Morgan fingerprint density at radius 1 is 1.71 bits per heavy atom. The molecule has 1 aromatic heterocycles. The van der Waals surface area contributed by atoms with Crippen LogP contribution in [0.25, 0.3) is 0 Å². The van der Waals surface area contributed by atoms with E-state index >= 15 is 0 Å². The summed E-state index contributed by atoms with van der Waals surface area (Å²) in [6.07, 6.45) is 0. The smallest absolute Gasteiger partial charge is 0.264 e. The van der Waals surface area contributed by atoms with Crippen LogP contribution in [-0.2, 0) is 4.74 Å². The molecule has 1 saturated heterocycles. The van der Waals surface area contributed by atoms with E-state index in [1.165, 1.54) is 11.3 Å². The van der Waals surface area contributed by atoms with Gasteiger partial charge in [0.1, 0.15) is 0 Å². The number of rotatable bonds is 1. The van der Waals surface area contributed by atoms with E-state index in [2.05, 4.69) is 0 Å².